The van der Waals surface area contributed by atoms with Gasteiger partial charge in [0.25, 0.3) is 5.69 Å². The van der Waals surface area contributed by atoms with Crippen molar-refractivity contribution in [2.75, 3.05) is 37.6 Å². The maximum atomic E-state index is 11.0. The number of anilines is 1. The van der Waals surface area contributed by atoms with Crippen LogP contribution in [-0.4, -0.2) is 42.5 Å². The molecule has 1 heterocycles. The summed E-state index contributed by atoms with van der Waals surface area (Å²) in [5, 5.41) is 19.9. The second kappa shape index (κ2) is 6.35. The van der Waals surface area contributed by atoms with Crippen molar-refractivity contribution < 1.29 is 4.92 Å². The first-order valence-electron chi connectivity index (χ1n) is 6.81. The van der Waals surface area contributed by atoms with Crippen LogP contribution in [0.3, 0.4) is 0 Å². The van der Waals surface area contributed by atoms with Gasteiger partial charge in [-0.05, 0) is 25.1 Å². The van der Waals surface area contributed by atoms with Gasteiger partial charge >= 0.3 is 0 Å². The van der Waals surface area contributed by atoms with E-state index in [1.807, 2.05) is 6.07 Å². The number of nitrogens with zero attached hydrogens (tertiary/aromatic N) is 4. The first kappa shape index (κ1) is 14.3. The Labute approximate surface area is 118 Å². The van der Waals surface area contributed by atoms with Gasteiger partial charge in [0.1, 0.15) is 11.6 Å². The highest BCUT2D eigenvalue weighted by Gasteiger charge is 2.20. The topological polar surface area (TPSA) is 73.4 Å². The lowest BCUT2D eigenvalue weighted by Gasteiger charge is -2.35. The van der Waals surface area contributed by atoms with Gasteiger partial charge in [0.05, 0.1) is 4.92 Å². The fourth-order valence-electron chi connectivity index (χ4n) is 2.51. The zero-order valence-corrected chi connectivity index (χ0v) is 11.6. The number of nitro benzene ring substituents is 1. The van der Waals surface area contributed by atoms with E-state index >= 15 is 0 Å². The van der Waals surface area contributed by atoms with Crippen LogP contribution in [0.4, 0.5) is 11.4 Å². The smallest absolute Gasteiger partial charge is 0.289 e. The molecule has 1 aromatic carbocycles. The van der Waals surface area contributed by atoms with Crippen LogP contribution in [0.1, 0.15) is 18.9 Å². The van der Waals surface area contributed by atoms with Crippen molar-refractivity contribution in [2.24, 2.45) is 0 Å². The van der Waals surface area contributed by atoms with Crippen molar-refractivity contribution in [3.8, 4) is 6.07 Å². The van der Waals surface area contributed by atoms with E-state index in [4.69, 9.17) is 5.26 Å². The molecule has 0 atom stereocenters. The maximum absolute atomic E-state index is 11.0. The fourth-order valence-corrected chi connectivity index (χ4v) is 2.51. The van der Waals surface area contributed by atoms with Crippen molar-refractivity contribution in [1.82, 2.24) is 4.90 Å². The van der Waals surface area contributed by atoms with Gasteiger partial charge in [0, 0.05) is 37.9 Å². The van der Waals surface area contributed by atoms with Gasteiger partial charge in [-0.3, -0.25) is 15.0 Å². The summed E-state index contributed by atoms with van der Waals surface area (Å²) in [5.74, 6) is 0. The molecule has 2 rings (SSSR count). The minimum atomic E-state index is -0.491. The number of benzene rings is 1. The normalized spacial score (nSPS) is 15.9. The molecular weight excluding hydrogens is 256 g/mol. The zero-order chi connectivity index (χ0) is 14.5. The average Bonchev–Trinajstić information content (AvgIpc) is 2.47. The van der Waals surface area contributed by atoms with Gasteiger partial charge in [-0.2, -0.15) is 5.26 Å². The average molecular weight is 274 g/mol. The molecule has 106 valence electrons. The van der Waals surface area contributed by atoms with E-state index in [0.717, 1.165) is 44.8 Å². The lowest BCUT2D eigenvalue weighted by Crippen LogP contribution is -2.46. The molecule has 0 amide bonds. The van der Waals surface area contributed by atoms with Crippen LogP contribution < -0.4 is 4.90 Å². The molecule has 1 fully saturated rings. The standard InChI is InChI=1S/C14H18N4O2/c1-2-5-16-6-8-17(9-7-16)13-4-3-12(11-15)14(10-13)18(19)20/h3-4,10H,2,5-9H2,1H3. The largest absolute Gasteiger partial charge is 0.369 e. The molecule has 1 aliphatic rings. The quantitative estimate of drug-likeness (QED) is 0.620. The molecule has 6 nitrogen and oxygen atoms in total. The summed E-state index contributed by atoms with van der Waals surface area (Å²) in [7, 11) is 0. The number of nitro groups is 1. The second-order valence-electron chi connectivity index (χ2n) is 4.90. The molecule has 6 heteroatoms. The molecule has 0 radical (unpaired) electrons. The predicted octanol–water partition coefficient (Wildman–Crippen LogP) is 2.00. The summed E-state index contributed by atoms with van der Waals surface area (Å²) in [5.41, 5.74) is 0.830. The predicted molar refractivity (Wildman–Crippen MR) is 76.8 cm³/mol. The van der Waals surface area contributed by atoms with Gasteiger partial charge in [0.2, 0.25) is 0 Å². The second-order valence-corrected chi connectivity index (χ2v) is 4.90. The van der Waals surface area contributed by atoms with Gasteiger partial charge < -0.3 is 4.90 Å². The van der Waals surface area contributed by atoms with E-state index in [-0.39, 0.29) is 11.3 Å². The molecule has 0 bridgehead atoms. The summed E-state index contributed by atoms with van der Waals surface area (Å²) in [6.45, 7) is 6.94. The molecule has 0 aromatic heterocycles. The van der Waals surface area contributed by atoms with Crippen molar-refractivity contribution in [2.45, 2.75) is 13.3 Å². The van der Waals surface area contributed by atoms with Crippen LogP contribution in [-0.2, 0) is 0 Å². The molecule has 20 heavy (non-hydrogen) atoms. The highest BCUT2D eigenvalue weighted by molar-refractivity contribution is 5.60. The van der Waals surface area contributed by atoms with Crippen molar-refractivity contribution in [3.05, 3.63) is 33.9 Å². The first-order chi connectivity index (χ1) is 9.65. The minimum Gasteiger partial charge on any atom is -0.369 e. The molecule has 0 unspecified atom stereocenters. The molecule has 0 saturated carbocycles. The Morgan fingerprint density at radius 2 is 2.05 bits per heavy atom. The zero-order valence-electron chi connectivity index (χ0n) is 11.6. The van der Waals surface area contributed by atoms with Gasteiger partial charge in [-0.25, -0.2) is 0 Å². The number of nitriles is 1. The summed E-state index contributed by atoms with van der Waals surface area (Å²) in [6.07, 6.45) is 1.14. The van der Waals surface area contributed by atoms with Crippen molar-refractivity contribution in [1.29, 1.82) is 5.26 Å². The maximum Gasteiger partial charge on any atom is 0.289 e. The van der Waals surface area contributed by atoms with Crippen LogP contribution in [0.2, 0.25) is 0 Å². The fraction of sp³-hybridized carbons (Fsp3) is 0.500. The number of hydrogen-bond acceptors (Lipinski definition) is 5. The highest BCUT2D eigenvalue weighted by Crippen LogP contribution is 2.25. The van der Waals surface area contributed by atoms with Crippen molar-refractivity contribution in [3.63, 3.8) is 0 Å². The Hall–Kier alpha value is -2.13. The highest BCUT2D eigenvalue weighted by atomic mass is 16.6. The van der Waals surface area contributed by atoms with Crippen LogP contribution in [0.25, 0.3) is 0 Å². The van der Waals surface area contributed by atoms with E-state index in [1.165, 1.54) is 12.1 Å². The molecule has 0 N–H and O–H groups in total. The van der Waals surface area contributed by atoms with Gasteiger partial charge in [-0.15, -0.1) is 0 Å². The number of piperazine rings is 1. The van der Waals surface area contributed by atoms with E-state index in [9.17, 15) is 10.1 Å². The summed E-state index contributed by atoms with van der Waals surface area (Å²) >= 11 is 0. The number of rotatable bonds is 4. The Morgan fingerprint density at radius 1 is 1.35 bits per heavy atom. The molecule has 1 aliphatic heterocycles. The van der Waals surface area contributed by atoms with Crippen LogP contribution in [0.5, 0.6) is 0 Å². The lowest BCUT2D eigenvalue weighted by atomic mass is 10.1. The van der Waals surface area contributed by atoms with Crippen LogP contribution >= 0.6 is 0 Å². The van der Waals surface area contributed by atoms with E-state index < -0.39 is 4.92 Å². The number of hydrogen-bond donors (Lipinski definition) is 0. The SMILES string of the molecule is CCCN1CCN(c2ccc(C#N)c([N+](=O)[O-])c2)CC1. The molecule has 1 aromatic rings. The summed E-state index contributed by atoms with van der Waals surface area (Å²) in [4.78, 5) is 15.0. The van der Waals surface area contributed by atoms with Gasteiger partial charge in [0.15, 0.2) is 0 Å². The lowest BCUT2D eigenvalue weighted by molar-refractivity contribution is -0.385. The van der Waals surface area contributed by atoms with Crippen LogP contribution in [0.15, 0.2) is 18.2 Å². The monoisotopic (exact) mass is 274 g/mol. The summed E-state index contributed by atoms with van der Waals surface area (Å²) in [6, 6.07) is 6.70. The Kier molecular flexibility index (Phi) is 4.53. The summed E-state index contributed by atoms with van der Waals surface area (Å²) < 4.78 is 0. The van der Waals surface area contributed by atoms with E-state index in [1.54, 1.807) is 6.07 Å². The van der Waals surface area contributed by atoms with Crippen LogP contribution in [0, 0.1) is 21.4 Å². The van der Waals surface area contributed by atoms with Gasteiger partial charge in [-0.1, -0.05) is 6.92 Å². The van der Waals surface area contributed by atoms with E-state index in [0.29, 0.717) is 0 Å². The minimum absolute atomic E-state index is 0.110. The van der Waals surface area contributed by atoms with Crippen molar-refractivity contribution >= 4 is 11.4 Å². The Bertz CT molecular complexity index is 530. The molecule has 0 aliphatic carbocycles. The molecule has 1 saturated heterocycles. The third kappa shape index (κ3) is 3.06. The molecule has 0 spiro atoms. The first-order valence-corrected chi connectivity index (χ1v) is 6.81. The Balaban J connectivity index is 2.13. The van der Waals surface area contributed by atoms with E-state index in [2.05, 4.69) is 16.7 Å². The third-order valence-electron chi connectivity index (χ3n) is 3.58. The Morgan fingerprint density at radius 3 is 2.60 bits per heavy atom. The third-order valence-corrected chi connectivity index (χ3v) is 3.58. The molecular formula is C14H18N4O2.